The third-order valence-electron chi connectivity index (χ3n) is 3.73. The zero-order valence-corrected chi connectivity index (χ0v) is 13.4. The van der Waals surface area contributed by atoms with Crippen molar-refractivity contribution >= 4 is 31.3 Å². The summed E-state index contributed by atoms with van der Waals surface area (Å²) in [6, 6.07) is 5.68. The monoisotopic (exact) mass is 346 g/mol. The molecule has 0 spiro atoms. The van der Waals surface area contributed by atoms with Gasteiger partial charge in [0.2, 0.25) is 15.0 Å². The van der Waals surface area contributed by atoms with Gasteiger partial charge in [-0.25, -0.2) is 8.42 Å². The van der Waals surface area contributed by atoms with E-state index in [0.717, 1.165) is 5.56 Å². The molecule has 1 aromatic rings. The molecular formula is C13H15ClN2O5S. The van der Waals surface area contributed by atoms with Crippen LogP contribution in [0.25, 0.3) is 0 Å². The van der Waals surface area contributed by atoms with Gasteiger partial charge in [0.25, 0.3) is 5.69 Å². The van der Waals surface area contributed by atoms with E-state index in [9.17, 15) is 23.3 Å². The summed E-state index contributed by atoms with van der Waals surface area (Å²) in [5.74, 6) is -0.698. The summed E-state index contributed by atoms with van der Waals surface area (Å²) >= 11 is 0. The van der Waals surface area contributed by atoms with Gasteiger partial charge in [0.15, 0.2) is 0 Å². The fourth-order valence-electron chi connectivity index (χ4n) is 2.63. The molecule has 7 nitrogen and oxygen atoms in total. The maximum Gasteiger partial charge on any atom is 0.269 e. The fourth-order valence-corrected chi connectivity index (χ4v) is 3.95. The number of hydrogen-bond acceptors (Lipinski definition) is 5. The highest BCUT2D eigenvalue weighted by Gasteiger charge is 2.35. The van der Waals surface area contributed by atoms with Crippen LogP contribution >= 0.6 is 10.7 Å². The number of benzene rings is 1. The number of nitro benzene ring substituents is 1. The van der Waals surface area contributed by atoms with Crippen molar-refractivity contribution < 1.29 is 18.1 Å². The van der Waals surface area contributed by atoms with Crippen LogP contribution in [0.1, 0.15) is 24.9 Å². The predicted octanol–water partition coefficient (Wildman–Crippen LogP) is 2.07. The fraction of sp³-hybridized carbons (Fsp3) is 0.462. The molecule has 1 aromatic carbocycles. The minimum absolute atomic E-state index is 0.0187. The van der Waals surface area contributed by atoms with Crippen LogP contribution in [-0.4, -0.2) is 36.4 Å². The standard InChI is InChI=1S/C13H15ClN2O5S/c1-9(11-2-4-12(5-3-11)16(18)19)15-7-10(6-13(15)17)8-22(14,20)21/h2-5,9-10H,6-8H2,1H3/t9-,10?/m0/s1. The number of non-ortho nitro benzene ring substituents is 1. The summed E-state index contributed by atoms with van der Waals surface area (Å²) < 4.78 is 22.2. The lowest BCUT2D eigenvalue weighted by atomic mass is 10.1. The van der Waals surface area contributed by atoms with Gasteiger partial charge in [0.05, 0.1) is 16.7 Å². The summed E-state index contributed by atoms with van der Waals surface area (Å²) in [5, 5.41) is 10.6. The number of likely N-dealkylation sites (tertiary alicyclic amines) is 1. The molecule has 1 unspecified atom stereocenters. The largest absolute Gasteiger partial charge is 0.336 e. The van der Waals surface area contributed by atoms with E-state index in [4.69, 9.17) is 10.7 Å². The lowest BCUT2D eigenvalue weighted by Gasteiger charge is -2.25. The minimum Gasteiger partial charge on any atom is -0.336 e. The topological polar surface area (TPSA) is 97.6 Å². The minimum atomic E-state index is -3.64. The predicted molar refractivity (Wildman–Crippen MR) is 81.0 cm³/mol. The van der Waals surface area contributed by atoms with Crippen LogP contribution in [0.15, 0.2) is 24.3 Å². The Labute approximate surface area is 132 Å². The number of rotatable bonds is 5. The summed E-state index contributed by atoms with van der Waals surface area (Å²) in [4.78, 5) is 23.8. The van der Waals surface area contributed by atoms with Gasteiger partial charge in [0.1, 0.15) is 0 Å². The SMILES string of the molecule is C[C@@H](c1ccc([N+](=O)[O-])cc1)N1CC(CS(=O)(=O)Cl)CC1=O. The number of halogens is 1. The van der Waals surface area contributed by atoms with E-state index in [2.05, 4.69) is 0 Å². The summed E-state index contributed by atoms with van der Waals surface area (Å²) in [5.41, 5.74) is 0.739. The van der Waals surface area contributed by atoms with Crippen molar-refractivity contribution in [2.75, 3.05) is 12.3 Å². The summed E-state index contributed by atoms with van der Waals surface area (Å²) in [6.07, 6.45) is 0.142. The van der Waals surface area contributed by atoms with Gasteiger partial charge in [-0.05, 0) is 12.5 Å². The van der Waals surface area contributed by atoms with Crippen molar-refractivity contribution in [1.29, 1.82) is 0 Å². The number of carbonyl (C=O) groups excluding carboxylic acids is 1. The van der Waals surface area contributed by atoms with E-state index in [1.54, 1.807) is 24.0 Å². The highest BCUT2D eigenvalue weighted by atomic mass is 35.7. The molecule has 1 fully saturated rings. The lowest BCUT2D eigenvalue weighted by molar-refractivity contribution is -0.384. The van der Waals surface area contributed by atoms with E-state index in [1.165, 1.54) is 12.1 Å². The molecule has 2 atom stereocenters. The Balaban J connectivity index is 2.10. The average Bonchev–Trinajstić information content (AvgIpc) is 2.76. The van der Waals surface area contributed by atoms with E-state index < -0.39 is 14.0 Å². The maximum atomic E-state index is 12.0. The van der Waals surface area contributed by atoms with Crippen LogP contribution in [0.3, 0.4) is 0 Å². The Kier molecular flexibility index (Phi) is 4.72. The molecule has 9 heteroatoms. The van der Waals surface area contributed by atoms with Gasteiger partial charge < -0.3 is 4.90 Å². The molecule has 0 bridgehead atoms. The highest BCUT2D eigenvalue weighted by Crippen LogP contribution is 2.30. The van der Waals surface area contributed by atoms with Gasteiger partial charge in [0, 0.05) is 41.7 Å². The number of amides is 1. The number of carbonyl (C=O) groups is 1. The Hall–Kier alpha value is -1.67. The van der Waals surface area contributed by atoms with Gasteiger partial charge >= 0.3 is 0 Å². The van der Waals surface area contributed by atoms with Crippen LogP contribution in [0.5, 0.6) is 0 Å². The van der Waals surface area contributed by atoms with E-state index >= 15 is 0 Å². The Bertz CT molecular complexity index is 689. The van der Waals surface area contributed by atoms with Gasteiger partial charge in [-0.15, -0.1) is 0 Å². The number of nitrogens with zero attached hydrogens (tertiary/aromatic N) is 2. The molecular weight excluding hydrogens is 332 g/mol. The van der Waals surface area contributed by atoms with Gasteiger partial charge in [-0.2, -0.15) is 0 Å². The molecule has 22 heavy (non-hydrogen) atoms. The lowest BCUT2D eigenvalue weighted by Crippen LogP contribution is -2.29. The Morgan fingerprint density at radius 3 is 2.50 bits per heavy atom. The second kappa shape index (κ2) is 6.21. The van der Waals surface area contributed by atoms with Gasteiger partial charge in [-0.3, -0.25) is 14.9 Å². The number of hydrogen-bond donors (Lipinski definition) is 0. The molecule has 1 amide bonds. The average molecular weight is 347 g/mol. The molecule has 0 saturated carbocycles. The Morgan fingerprint density at radius 1 is 1.41 bits per heavy atom. The van der Waals surface area contributed by atoms with Gasteiger partial charge in [-0.1, -0.05) is 12.1 Å². The molecule has 1 aliphatic heterocycles. The zero-order chi connectivity index (χ0) is 16.5. The van der Waals surface area contributed by atoms with Crippen molar-refractivity contribution in [2.24, 2.45) is 5.92 Å². The van der Waals surface area contributed by atoms with Crippen LogP contribution in [0, 0.1) is 16.0 Å². The molecule has 0 aliphatic carbocycles. The molecule has 120 valence electrons. The van der Waals surface area contributed by atoms with Crippen molar-refractivity contribution in [2.45, 2.75) is 19.4 Å². The number of nitro groups is 1. The summed E-state index contributed by atoms with van der Waals surface area (Å²) in [6.45, 7) is 2.11. The maximum absolute atomic E-state index is 12.0. The van der Waals surface area contributed by atoms with Crippen molar-refractivity contribution in [3.05, 3.63) is 39.9 Å². The Morgan fingerprint density at radius 2 is 2.00 bits per heavy atom. The second-order valence-electron chi connectivity index (χ2n) is 5.35. The van der Waals surface area contributed by atoms with Crippen molar-refractivity contribution in [3.63, 3.8) is 0 Å². The van der Waals surface area contributed by atoms with E-state index in [1.807, 2.05) is 0 Å². The van der Waals surface area contributed by atoms with E-state index in [0.29, 0.717) is 6.54 Å². The molecule has 0 radical (unpaired) electrons. The first kappa shape index (κ1) is 16.7. The molecule has 1 aliphatic rings. The normalized spacial score (nSPS) is 20.2. The first-order chi connectivity index (χ1) is 10.2. The van der Waals surface area contributed by atoms with Crippen LogP contribution in [0.4, 0.5) is 5.69 Å². The first-order valence-electron chi connectivity index (χ1n) is 6.63. The molecule has 0 N–H and O–H groups in total. The van der Waals surface area contributed by atoms with E-state index in [-0.39, 0.29) is 35.7 Å². The van der Waals surface area contributed by atoms with Crippen LogP contribution in [-0.2, 0) is 13.8 Å². The van der Waals surface area contributed by atoms with Crippen molar-refractivity contribution in [1.82, 2.24) is 4.90 Å². The van der Waals surface area contributed by atoms with Crippen LogP contribution in [0.2, 0.25) is 0 Å². The molecule has 0 aromatic heterocycles. The zero-order valence-electron chi connectivity index (χ0n) is 11.8. The van der Waals surface area contributed by atoms with Crippen molar-refractivity contribution in [3.8, 4) is 0 Å². The summed E-state index contributed by atoms with van der Waals surface area (Å²) in [7, 11) is 1.59. The third-order valence-corrected chi connectivity index (χ3v) is 4.97. The third kappa shape index (κ3) is 3.95. The highest BCUT2D eigenvalue weighted by molar-refractivity contribution is 8.13. The second-order valence-corrected chi connectivity index (χ2v) is 8.17. The first-order valence-corrected chi connectivity index (χ1v) is 9.11. The molecule has 1 saturated heterocycles. The molecule has 2 rings (SSSR count). The van der Waals surface area contributed by atoms with Crippen LogP contribution < -0.4 is 0 Å². The quantitative estimate of drug-likeness (QED) is 0.462. The molecule has 1 heterocycles. The smallest absolute Gasteiger partial charge is 0.269 e.